The van der Waals surface area contributed by atoms with Gasteiger partial charge in [0.15, 0.2) is 0 Å². The number of carbonyl (C=O) groups excluding carboxylic acids is 1. The van der Waals surface area contributed by atoms with Crippen LogP contribution in [-0.2, 0) is 23.1 Å². The van der Waals surface area contributed by atoms with Gasteiger partial charge in [-0.05, 0) is 104 Å². The van der Waals surface area contributed by atoms with Crippen LogP contribution in [-0.4, -0.2) is 23.2 Å². The molecule has 8 atom stereocenters. The van der Waals surface area contributed by atoms with Crippen molar-refractivity contribution >= 4 is 42.8 Å². The van der Waals surface area contributed by atoms with Crippen LogP contribution in [0.25, 0.3) is 6.08 Å². The molecule has 2 aliphatic rings. The highest BCUT2D eigenvalue weighted by Crippen LogP contribution is 2.65. The molecule has 1 aromatic heterocycles. The average molecular weight is 665 g/mol. The zero-order chi connectivity index (χ0) is 32.0. The number of hydrogen-bond acceptors (Lipinski definition) is 6. The zero-order valence-corrected chi connectivity index (χ0v) is 29.2. The summed E-state index contributed by atoms with van der Waals surface area (Å²) in [7, 11) is -4.10. The van der Waals surface area contributed by atoms with Crippen molar-refractivity contribution < 1.29 is 23.1 Å². The molecule has 242 valence electrons. The van der Waals surface area contributed by atoms with Crippen LogP contribution in [0.3, 0.4) is 0 Å². The molecular formula is C35H48Cl2NO5P. The Labute approximate surface area is 273 Å². The van der Waals surface area contributed by atoms with Crippen molar-refractivity contribution in [2.24, 2.45) is 35.5 Å². The molecule has 2 aromatic rings. The molecule has 6 nitrogen and oxygen atoms in total. The summed E-state index contributed by atoms with van der Waals surface area (Å²) < 4.78 is 34.8. The highest BCUT2D eigenvalue weighted by atomic mass is 35.5. The van der Waals surface area contributed by atoms with Gasteiger partial charge in [0.2, 0.25) is 5.85 Å². The van der Waals surface area contributed by atoms with E-state index in [0.717, 1.165) is 38.5 Å². The van der Waals surface area contributed by atoms with Crippen LogP contribution < -0.4 is 0 Å². The van der Waals surface area contributed by atoms with Crippen LogP contribution in [0.1, 0.15) is 97.0 Å². The van der Waals surface area contributed by atoms with E-state index in [1.54, 1.807) is 48.8 Å². The summed E-state index contributed by atoms with van der Waals surface area (Å²) in [4.78, 5) is 17.7. The molecule has 0 radical (unpaired) electrons. The van der Waals surface area contributed by atoms with Crippen LogP contribution >= 0.6 is 30.8 Å². The molecule has 9 heteroatoms. The van der Waals surface area contributed by atoms with Gasteiger partial charge in [-0.25, -0.2) is 4.79 Å². The molecule has 0 aliphatic heterocycles. The molecule has 0 bridgehead atoms. The van der Waals surface area contributed by atoms with Crippen molar-refractivity contribution in [3.8, 4) is 0 Å². The first-order chi connectivity index (χ1) is 20.9. The van der Waals surface area contributed by atoms with Crippen LogP contribution in [0.15, 0.2) is 48.8 Å². The largest absolute Gasteiger partial charge is 0.441 e. The molecular weight excluding hydrogens is 616 g/mol. The summed E-state index contributed by atoms with van der Waals surface area (Å²) in [6.07, 6.45) is 11.2. The molecule has 1 heterocycles. The molecule has 2 aliphatic carbocycles. The van der Waals surface area contributed by atoms with Gasteiger partial charge in [-0.2, -0.15) is 0 Å². The maximum Gasteiger partial charge on any atom is 0.376 e. The van der Waals surface area contributed by atoms with Crippen LogP contribution in [0, 0.1) is 35.5 Å². The number of halogens is 2. The lowest BCUT2D eigenvalue weighted by Crippen LogP contribution is -2.35. The van der Waals surface area contributed by atoms with Gasteiger partial charge in [0.1, 0.15) is 0 Å². The lowest BCUT2D eigenvalue weighted by Gasteiger charge is -2.42. The van der Waals surface area contributed by atoms with Gasteiger partial charge in [-0.15, -0.1) is 0 Å². The second kappa shape index (κ2) is 15.7. The van der Waals surface area contributed by atoms with Gasteiger partial charge in [0.25, 0.3) is 0 Å². The maximum absolute atomic E-state index is 15.4. The molecule has 1 aromatic carbocycles. The Morgan fingerprint density at radius 1 is 0.932 bits per heavy atom. The number of hydrogen-bond donors (Lipinski definition) is 0. The topological polar surface area (TPSA) is 74.7 Å². The third-order valence-electron chi connectivity index (χ3n) is 9.62. The van der Waals surface area contributed by atoms with Crippen molar-refractivity contribution in [1.29, 1.82) is 0 Å². The Hall–Kier alpha value is -1.69. The summed E-state index contributed by atoms with van der Waals surface area (Å²) in [5, 5.41) is 0.898. The van der Waals surface area contributed by atoms with E-state index in [1.165, 1.54) is 6.08 Å². The minimum Gasteiger partial charge on any atom is -0.441 e. The summed E-state index contributed by atoms with van der Waals surface area (Å²) in [5.74, 6) is 0.271. The number of rotatable bonds is 11. The number of benzene rings is 1. The summed E-state index contributed by atoms with van der Waals surface area (Å²) in [6.45, 7) is 13.2. The Morgan fingerprint density at radius 3 is 2.02 bits per heavy atom. The smallest absolute Gasteiger partial charge is 0.376 e. The molecule has 0 saturated heterocycles. The van der Waals surface area contributed by atoms with Gasteiger partial charge in [-0.1, -0.05) is 76.9 Å². The second-order valence-corrected chi connectivity index (χ2v) is 16.3. The molecule has 0 spiro atoms. The Kier molecular flexibility index (Phi) is 12.6. The van der Waals surface area contributed by atoms with Crippen LogP contribution in [0.5, 0.6) is 0 Å². The van der Waals surface area contributed by atoms with Crippen molar-refractivity contribution in [3.63, 3.8) is 0 Å². The van der Waals surface area contributed by atoms with E-state index in [1.807, 2.05) is 0 Å². The highest BCUT2D eigenvalue weighted by molar-refractivity contribution is 7.54. The predicted molar refractivity (Wildman–Crippen MR) is 179 cm³/mol. The third-order valence-corrected chi connectivity index (χ3v) is 12.3. The van der Waals surface area contributed by atoms with E-state index in [4.69, 9.17) is 37.0 Å². The van der Waals surface area contributed by atoms with Crippen molar-refractivity contribution in [3.05, 3.63) is 70.0 Å². The van der Waals surface area contributed by atoms with Crippen molar-refractivity contribution in [2.75, 3.05) is 0 Å². The van der Waals surface area contributed by atoms with Gasteiger partial charge in [0, 0.05) is 34.1 Å². The number of aromatic nitrogens is 1. The Morgan fingerprint density at radius 2 is 1.52 bits per heavy atom. The van der Waals surface area contributed by atoms with Gasteiger partial charge >= 0.3 is 13.6 Å². The van der Waals surface area contributed by atoms with E-state index in [9.17, 15) is 4.79 Å². The van der Waals surface area contributed by atoms with E-state index in [0.29, 0.717) is 44.8 Å². The SMILES string of the molecule is CC(C)[C@@H]1CC[C@@H](C)[C@H](OP(=O)(O[C@@H]2C[C@H](C(C)C)CC[C@@H]2C)[C@H](OC(=O)/C=C/c2ccc(Cl)cc2Cl)c2cccnc2)C1. The molecule has 2 saturated carbocycles. The molecule has 44 heavy (non-hydrogen) atoms. The van der Waals surface area contributed by atoms with E-state index in [2.05, 4.69) is 46.5 Å². The monoisotopic (exact) mass is 663 g/mol. The van der Waals surface area contributed by atoms with Crippen LogP contribution in [0.2, 0.25) is 10.0 Å². The fraction of sp³-hybridized carbons (Fsp3) is 0.600. The normalized spacial score (nSPS) is 28.2. The summed E-state index contributed by atoms with van der Waals surface area (Å²) in [6, 6.07) is 8.51. The zero-order valence-electron chi connectivity index (χ0n) is 26.8. The molecule has 2 fully saturated rings. The molecule has 0 amide bonds. The second-order valence-electron chi connectivity index (χ2n) is 13.5. The highest BCUT2D eigenvalue weighted by Gasteiger charge is 2.48. The number of ether oxygens (including phenoxy) is 1. The lowest BCUT2D eigenvalue weighted by molar-refractivity contribution is -0.141. The predicted octanol–water partition coefficient (Wildman–Crippen LogP) is 10.8. The van der Waals surface area contributed by atoms with Crippen molar-refractivity contribution in [2.45, 2.75) is 98.1 Å². The molecule has 1 unspecified atom stereocenters. The fourth-order valence-electron chi connectivity index (χ4n) is 6.42. The number of pyridine rings is 1. The number of carbonyl (C=O) groups is 1. The van der Waals surface area contributed by atoms with E-state index in [-0.39, 0.29) is 24.0 Å². The van der Waals surface area contributed by atoms with Crippen LogP contribution in [0.4, 0.5) is 0 Å². The third kappa shape index (κ3) is 9.19. The first kappa shape index (κ1) is 35.2. The number of esters is 1. The van der Waals surface area contributed by atoms with Gasteiger partial charge < -0.3 is 13.8 Å². The molecule has 0 N–H and O–H groups in total. The summed E-state index contributed by atoms with van der Waals surface area (Å²) in [5.41, 5.74) is 1.07. The first-order valence-corrected chi connectivity index (χ1v) is 18.4. The van der Waals surface area contributed by atoms with Gasteiger partial charge in [-0.3, -0.25) is 9.55 Å². The number of nitrogens with zero attached hydrogens (tertiary/aromatic N) is 1. The Bertz CT molecular complexity index is 1280. The van der Waals surface area contributed by atoms with E-state index < -0.39 is 19.4 Å². The average Bonchev–Trinajstić information content (AvgIpc) is 2.98. The minimum atomic E-state index is -4.10. The Balaban J connectivity index is 1.70. The minimum absolute atomic E-state index is 0.186. The van der Waals surface area contributed by atoms with Crippen molar-refractivity contribution in [1.82, 2.24) is 4.98 Å². The molecule has 4 rings (SSSR count). The summed E-state index contributed by atoms with van der Waals surface area (Å²) >= 11 is 12.4. The quantitative estimate of drug-likeness (QED) is 0.135. The maximum atomic E-state index is 15.4. The first-order valence-electron chi connectivity index (χ1n) is 16.1. The van der Waals surface area contributed by atoms with E-state index >= 15 is 4.57 Å². The standard InChI is InChI=1S/C35H48Cl2NO5P/c1-22(2)27-11-9-24(5)32(18-27)42-44(40,43-33-19-28(23(3)4)12-10-25(33)6)35(29-8-7-17-38-21-29)41-34(39)16-14-26-13-15-30(36)20-31(26)37/h7-8,13-17,20-25,27-28,32-33,35H,9-12,18-19H2,1-6H3/b16-14+/t24-,25+,27-,28-,32-,33-,35+,44?/m1/s1. The lowest BCUT2D eigenvalue weighted by atomic mass is 9.76. The fourth-order valence-corrected chi connectivity index (χ4v) is 9.26. The van der Waals surface area contributed by atoms with Gasteiger partial charge in [0.05, 0.1) is 12.2 Å².